The number of hydrogen-bond acceptors (Lipinski definition) is 6. The van der Waals surface area contributed by atoms with E-state index in [0.717, 1.165) is 72.0 Å². The van der Waals surface area contributed by atoms with E-state index in [2.05, 4.69) is 23.8 Å². The highest BCUT2D eigenvalue weighted by atomic mass is 35.5. The normalized spacial score (nSPS) is 15.1. The molecule has 0 aliphatic carbocycles. The maximum absolute atomic E-state index is 14.1. The monoisotopic (exact) mass is 603 g/mol. The molecule has 1 aliphatic rings. The van der Waals surface area contributed by atoms with Crippen LogP contribution in [0.5, 0.6) is 5.75 Å². The van der Waals surface area contributed by atoms with E-state index in [1.165, 1.54) is 0 Å². The number of ether oxygens (including phenoxy) is 1. The summed E-state index contributed by atoms with van der Waals surface area (Å²) in [4.78, 5) is 26.0. The van der Waals surface area contributed by atoms with Crippen LogP contribution in [0.2, 0.25) is 5.02 Å². The molecular weight excluding hydrogens is 566 g/mol. The number of aryl methyl sites for hydroxylation is 1. The van der Waals surface area contributed by atoms with Gasteiger partial charge in [-0.15, -0.1) is 0 Å². The summed E-state index contributed by atoms with van der Waals surface area (Å²) in [7, 11) is 3.80. The van der Waals surface area contributed by atoms with Gasteiger partial charge in [-0.2, -0.15) is 0 Å². The average Bonchev–Trinajstić information content (AvgIpc) is 3.00. The molecule has 0 spiro atoms. The molecule has 0 saturated carbocycles. The minimum atomic E-state index is -0.341. The van der Waals surface area contributed by atoms with E-state index < -0.39 is 0 Å². The smallest absolute Gasteiger partial charge is 0.227 e. The molecule has 5 rings (SSSR count). The van der Waals surface area contributed by atoms with Crippen molar-refractivity contribution in [2.75, 3.05) is 53.4 Å². The van der Waals surface area contributed by atoms with E-state index in [4.69, 9.17) is 33.5 Å². The van der Waals surface area contributed by atoms with Crippen molar-refractivity contribution in [1.82, 2.24) is 24.3 Å². The first-order valence-electron chi connectivity index (χ1n) is 14.4. The Morgan fingerprint density at radius 3 is 2.48 bits per heavy atom. The van der Waals surface area contributed by atoms with Gasteiger partial charge in [-0.1, -0.05) is 48.1 Å². The van der Waals surface area contributed by atoms with Crippen molar-refractivity contribution >= 4 is 40.6 Å². The van der Waals surface area contributed by atoms with Crippen LogP contribution < -0.4 is 4.74 Å². The van der Waals surface area contributed by atoms with Crippen LogP contribution in [0.25, 0.3) is 16.6 Å². The zero-order chi connectivity index (χ0) is 29.8. The van der Waals surface area contributed by atoms with E-state index >= 15 is 0 Å². The van der Waals surface area contributed by atoms with Gasteiger partial charge in [0.25, 0.3) is 0 Å². The number of piperazine rings is 1. The zero-order valence-corrected chi connectivity index (χ0v) is 26.3. The number of hydrogen-bond donors (Lipinski definition) is 0. The number of para-hydroxylation sites is 1. The van der Waals surface area contributed by atoms with E-state index in [9.17, 15) is 4.79 Å². The second kappa shape index (κ2) is 13.3. The number of amides is 1. The van der Waals surface area contributed by atoms with Crippen LogP contribution in [0.15, 0.2) is 66.7 Å². The Hall–Kier alpha value is -3.30. The molecule has 0 radical (unpaired) electrons. The number of halogens is 1. The van der Waals surface area contributed by atoms with Crippen molar-refractivity contribution in [3.05, 3.63) is 93.3 Å². The molecule has 1 amide bonds. The van der Waals surface area contributed by atoms with Crippen LogP contribution in [0.4, 0.5) is 0 Å². The summed E-state index contributed by atoms with van der Waals surface area (Å²) in [5, 5.41) is 1.59. The molecule has 42 heavy (non-hydrogen) atoms. The first kappa shape index (κ1) is 30.2. The lowest BCUT2D eigenvalue weighted by molar-refractivity contribution is -0.133. The molecule has 9 heteroatoms. The van der Waals surface area contributed by atoms with Crippen LogP contribution in [0, 0.1) is 11.6 Å². The SMILES string of the molecule is COc1ccc(-n2c(C(C)N(CCN3CCN(C)CC3)C(=O)Cc3ccc(Cl)c(C)c3)nc3ccccc3c2=S)cc1. The molecule has 1 saturated heterocycles. The Morgan fingerprint density at radius 1 is 1.07 bits per heavy atom. The number of fused-ring (bicyclic) bond motifs is 1. The Kier molecular flexibility index (Phi) is 9.58. The Morgan fingerprint density at radius 2 is 1.79 bits per heavy atom. The summed E-state index contributed by atoms with van der Waals surface area (Å²) < 4.78 is 8.07. The molecule has 1 aliphatic heterocycles. The summed E-state index contributed by atoms with van der Waals surface area (Å²) in [6.45, 7) is 9.42. The van der Waals surface area contributed by atoms with Gasteiger partial charge < -0.3 is 14.5 Å². The van der Waals surface area contributed by atoms with E-state index in [1.807, 2.05) is 83.1 Å². The molecule has 0 N–H and O–H groups in total. The van der Waals surface area contributed by atoms with Crippen LogP contribution in [0.1, 0.15) is 29.9 Å². The molecule has 1 fully saturated rings. The second-order valence-corrected chi connectivity index (χ2v) is 11.8. The molecular formula is C33H38ClN5O2S. The van der Waals surface area contributed by atoms with Crippen LogP contribution in [-0.4, -0.2) is 83.6 Å². The zero-order valence-electron chi connectivity index (χ0n) is 24.7. The molecule has 220 valence electrons. The third kappa shape index (κ3) is 6.68. The molecule has 7 nitrogen and oxygen atoms in total. The highest BCUT2D eigenvalue weighted by Gasteiger charge is 2.27. The van der Waals surface area contributed by atoms with E-state index in [0.29, 0.717) is 16.2 Å². The van der Waals surface area contributed by atoms with Gasteiger partial charge in [-0.25, -0.2) is 4.98 Å². The molecule has 2 heterocycles. The average molecular weight is 604 g/mol. The van der Waals surface area contributed by atoms with Gasteiger partial charge in [-0.3, -0.25) is 14.3 Å². The van der Waals surface area contributed by atoms with Gasteiger partial charge in [0.15, 0.2) is 0 Å². The van der Waals surface area contributed by atoms with Gasteiger partial charge in [0, 0.05) is 55.4 Å². The number of carbonyl (C=O) groups excluding carboxylic acids is 1. The first-order valence-corrected chi connectivity index (χ1v) is 15.2. The van der Waals surface area contributed by atoms with Crippen LogP contribution in [-0.2, 0) is 11.2 Å². The molecule has 1 atom stereocenters. The van der Waals surface area contributed by atoms with E-state index in [1.54, 1.807) is 7.11 Å². The minimum Gasteiger partial charge on any atom is -0.497 e. The van der Waals surface area contributed by atoms with Gasteiger partial charge in [-0.05, 0) is 74.5 Å². The lowest BCUT2D eigenvalue weighted by atomic mass is 10.1. The topological polar surface area (TPSA) is 53.8 Å². The van der Waals surface area contributed by atoms with Crippen molar-refractivity contribution in [3.63, 3.8) is 0 Å². The van der Waals surface area contributed by atoms with Crippen molar-refractivity contribution in [2.45, 2.75) is 26.3 Å². The third-order valence-corrected chi connectivity index (χ3v) is 8.95. The minimum absolute atomic E-state index is 0.0421. The fraction of sp³-hybridized carbons (Fsp3) is 0.364. The van der Waals surface area contributed by atoms with Gasteiger partial charge >= 0.3 is 0 Å². The number of nitrogens with zero attached hydrogens (tertiary/aromatic N) is 5. The fourth-order valence-electron chi connectivity index (χ4n) is 5.50. The van der Waals surface area contributed by atoms with Gasteiger partial charge in [0.1, 0.15) is 16.2 Å². The molecule has 0 bridgehead atoms. The third-order valence-electron chi connectivity index (χ3n) is 8.12. The first-order chi connectivity index (χ1) is 20.2. The van der Waals surface area contributed by atoms with Gasteiger partial charge in [0.05, 0.1) is 25.1 Å². The standard InChI is InChI=1S/C33H38ClN5O2S/c1-23-21-25(9-14-29(23)34)22-31(40)38(20-19-37-17-15-36(3)16-18-37)24(2)32-35-30-8-6-5-7-28(30)33(42)39(32)26-10-12-27(41-4)13-11-26/h5-14,21,24H,15-20,22H2,1-4H3. The number of methoxy groups -OCH3 is 1. The number of benzene rings is 3. The number of likely N-dealkylation sites (N-methyl/N-ethyl adjacent to an activating group) is 1. The molecule has 1 unspecified atom stereocenters. The largest absolute Gasteiger partial charge is 0.497 e. The predicted octanol–water partition coefficient (Wildman–Crippen LogP) is 6.11. The summed E-state index contributed by atoms with van der Waals surface area (Å²) in [5.41, 5.74) is 3.59. The molecule has 3 aromatic carbocycles. The lowest BCUT2D eigenvalue weighted by Gasteiger charge is -2.36. The van der Waals surface area contributed by atoms with Crippen molar-refractivity contribution in [2.24, 2.45) is 0 Å². The summed E-state index contributed by atoms with van der Waals surface area (Å²) in [5.74, 6) is 1.53. The maximum atomic E-state index is 14.1. The van der Waals surface area contributed by atoms with Crippen molar-refractivity contribution in [1.29, 1.82) is 0 Å². The Labute approximate surface area is 258 Å². The quantitative estimate of drug-likeness (QED) is 0.215. The van der Waals surface area contributed by atoms with Crippen molar-refractivity contribution in [3.8, 4) is 11.4 Å². The number of rotatable bonds is 9. The van der Waals surface area contributed by atoms with E-state index in [-0.39, 0.29) is 18.4 Å². The summed E-state index contributed by atoms with van der Waals surface area (Å²) in [6.07, 6.45) is 0.280. The van der Waals surface area contributed by atoms with Crippen LogP contribution in [0.3, 0.4) is 0 Å². The summed E-state index contributed by atoms with van der Waals surface area (Å²) in [6, 6.07) is 21.2. The lowest BCUT2D eigenvalue weighted by Crippen LogP contribution is -2.48. The Bertz CT molecular complexity index is 1620. The maximum Gasteiger partial charge on any atom is 0.227 e. The number of aromatic nitrogens is 2. The highest BCUT2D eigenvalue weighted by molar-refractivity contribution is 7.71. The predicted molar refractivity (Wildman–Crippen MR) is 172 cm³/mol. The molecule has 1 aromatic heterocycles. The second-order valence-electron chi connectivity index (χ2n) is 11.0. The van der Waals surface area contributed by atoms with Crippen molar-refractivity contribution < 1.29 is 9.53 Å². The fourth-order valence-corrected chi connectivity index (χ4v) is 5.99. The highest BCUT2D eigenvalue weighted by Crippen LogP contribution is 2.28. The summed E-state index contributed by atoms with van der Waals surface area (Å²) >= 11 is 12.3. The molecule has 4 aromatic rings. The number of carbonyl (C=O) groups is 1. The Balaban J connectivity index is 1.55. The van der Waals surface area contributed by atoms with Gasteiger partial charge in [0.2, 0.25) is 5.91 Å². The van der Waals surface area contributed by atoms with Crippen LogP contribution >= 0.6 is 23.8 Å².